The lowest BCUT2D eigenvalue weighted by Crippen LogP contribution is -2.30. The first-order valence-electron chi connectivity index (χ1n) is 4.41. The Bertz CT molecular complexity index is 315. The predicted molar refractivity (Wildman–Crippen MR) is 61.3 cm³/mol. The quantitative estimate of drug-likeness (QED) is 0.870. The molecular formula is C10H15BrN2O. The van der Waals surface area contributed by atoms with Gasteiger partial charge in [0.15, 0.2) is 0 Å². The number of ether oxygens (including phenoxy) is 1. The van der Waals surface area contributed by atoms with Crippen LogP contribution in [0.3, 0.4) is 0 Å². The van der Waals surface area contributed by atoms with Crippen molar-refractivity contribution in [1.29, 1.82) is 0 Å². The molecule has 0 aliphatic rings. The highest BCUT2D eigenvalue weighted by Gasteiger charge is 2.12. The van der Waals surface area contributed by atoms with Gasteiger partial charge in [0, 0.05) is 12.1 Å². The van der Waals surface area contributed by atoms with Crippen LogP contribution in [0.15, 0.2) is 22.7 Å². The number of halogens is 1. The van der Waals surface area contributed by atoms with Crippen LogP contribution in [0.1, 0.15) is 18.5 Å². The standard InChI is InChI=1S/C10H15BrN2O/c1-6(12)10(13)7-3-4-9(14-2)8(11)5-7/h3-6,10H,12-13H2,1-2H3/t6-,10+/m0/s1. The van der Waals surface area contributed by atoms with Gasteiger partial charge < -0.3 is 16.2 Å². The Kier molecular flexibility index (Phi) is 3.92. The number of rotatable bonds is 3. The fraction of sp³-hybridized carbons (Fsp3) is 0.400. The van der Waals surface area contributed by atoms with Crippen molar-refractivity contribution in [3.8, 4) is 5.75 Å². The Morgan fingerprint density at radius 1 is 1.36 bits per heavy atom. The van der Waals surface area contributed by atoms with Crippen molar-refractivity contribution in [3.63, 3.8) is 0 Å². The van der Waals surface area contributed by atoms with Crippen LogP contribution in [-0.2, 0) is 0 Å². The number of nitrogens with two attached hydrogens (primary N) is 2. The summed E-state index contributed by atoms with van der Waals surface area (Å²) in [7, 11) is 1.63. The molecule has 4 N–H and O–H groups in total. The second kappa shape index (κ2) is 4.77. The Balaban J connectivity index is 2.96. The van der Waals surface area contributed by atoms with Crippen molar-refractivity contribution < 1.29 is 4.74 Å². The molecule has 0 heterocycles. The van der Waals surface area contributed by atoms with Crippen molar-refractivity contribution >= 4 is 15.9 Å². The lowest BCUT2D eigenvalue weighted by molar-refractivity contribution is 0.411. The van der Waals surface area contributed by atoms with Gasteiger partial charge >= 0.3 is 0 Å². The van der Waals surface area contributed by atoms with Gasteiger partial charge in [-0.3, -0.25) is 0 Å². The maximum Gasteiger partial charge on any atom is 0.133 e. The molecule has 3 nitrogen and oxygen atoms in total. The molecule has 2 atom stereocenters. The number of benzene rings is 1. The van der Waals surface area contributed by atoms with Gasteiger partial charge in [-0.25, -0.2) is 0 Å². The smallest absolute Gasteiger partial charge is 0.133 e. The molecule has 0 spiro atoms. The summed E-state index contributed by atoms with van der Waals surface area (Å²) in [5, 5.41) is 0. The van der Waals surface area contributed by atoms with E-state index in [9.17, 15) is 0 Å². The largest absolute Gasteiger partial charge is 0.496 e. The molecule has 1 aromatic rings. The monoisotopic (exact) mass is 258 g/mol. The summed E-state index contributed by atoms with van der Waals surface area (Å²) < 4.78 is 6.02. The highest BCUT2D eigenvalue weighted by molar-refractivity contribution is 9.10. The Morgan fingerprint density at radius 2 is 2.00 bits per heavy atom. The maximum absolute atomic E-state index is 5.91. The van der Waals surface area contributed by atoms with Gasteiger partial charge in [-0.05, 0) is 40.5 Å². The van der Waals surface area contributed by atoms with E-state index in [1.807, 2.05) is 25.1 Å². The van der Waals surface area contributed by atoms with Crippen molar-refractivity contribution in [2.24, 2.45) is 11.5 Å². The second-order valence-corrected chi connectivity index (χ2v) is 4.13. The fourth-order valence-corrected chi connectivity index (χ4v) is 1.75. The third-order valence-corrected chi connectivity index (χ3v) is 2.75. The van der Waals surface area contributed by atoms with Gasteiger partial charge in [-0.2, -0.15) is 0 Å². The molecule has 14 heavy (non-hydrogen) atoms. The van der Waals surface area contributed by atoms with E-state index in [0.29, 0.717) is 0 Å². The van der Waals surface area contributed by atoms with E-state index in [1.165, 1.54) is 0 Å². The summed E-state index contributed by atoms with van der Waals surface area (Å²) in [5.41, 5.74) is 12.6. The van der Waals surface area contributed by atoms with E-state index in [-0.39, 0.29) is 12.1 Å². The van der Waals surface area contributed by atoms with Crippen LogP contribution in [0, 0.1) is 0 Å². The van der Waals surface area contributed by atoms with Gasteiger partial charge in [0.25, 0.3) is 0 Å². The normalized spacial score (nSPS) is 14.9. The summed E-state index contributed by atoms with van der Waals surface area (Å²) in [5.74, 6) is 0.797. The molecule has 0 radical (unpaired) electrons. The summed E-state index contributed by atoms with van der Waals surface area (Å²) in [4.78, 5) is 0. The van der Waals surface area contributed by atoms with Gasteiger partial charge in [-0.15, -0.1) is 0 Å². The molecule has 0 aliphatic heterocycles. The zero-order valence-electron chi connectivity index (χ0n) is 8.33. The molecule has 0 aromatic heterocycles. The van der Waals surface area contributed by atoms with Crippen molar-refractivity contribution in [2.45, 2.75) is 19.0 Å². The van der Waals surface area contributed by atoms with Gasteiger partial charge in [0.05, 0.1) is 11.6 Å². The lowest BCUT2D eigenvalue weighted by atomic mass is 10.0. The molecule has 1 rings (SSSR count). The van der Waals surface area contributed by atoms with Gasteiger partial charge in [0.2, 0.25) is 0 Å². The van der Waals surface area contributed by atoms with E-state index >= 15 is 0 Å². The van der Waals surface area contributed by atoms with Crippen LogP contribution in [0.4, 0.5) is 0 Å². The minimum Gasteiger partial charge on any atom is -0.496 e. The topological polar surface area (TPSA) is 61.3 Å². The SMILES string of the molecule is COc1ccc([C@H](N)[C@H](C)N)cc1Br. The molecule has 0 fully saturated rings. The van der Waals surface area contributed by atoms with Crippen molar-refractivity contribution in [3.05, 3.63) is 28.2 Å². The average molecular weight is 259 g/mol. The maximum atomic E-state index is 5.91. The van der Waals surface area contributed by atoms with Crippen molar-refractivity contribution in [2.75, 3.05) is 7.11 Å². The first-order chi connectivity index (χ1) is 6.56. The Labute approximate surface area is 92.6 Å². The zero-order valence-corrected chi connectivity index (χ0v) is 9.91. The lowest BCUT2D eigenvalue weighted by Gasteiger charge is -2.16. The predicted octanol–water partition coefficient (Wildman–Crippen LogP) is 1.80. The number of methoxy groups -OCH3 is 1. The minimum atomic E-state index is -0.141. The summed E-state index contributed by atoms with van der Waals surface area (Å²) >= 11 is 3.40. The molecular weight excluding hydrogens is 244 g/mol. The van der Waals surface area contributed by atoms with Crippen LogP contribution < -0.4 is 16.2 Å². The molecule has 4 heteroatoms. The molecule has 0 amide bonds. The number of hydrogen-bond donors (Lipinski definition) is 2. The van der Waals surface area contributed by atoms with Crippen LogP contribution in [0.2, 0.25) is 0 Å². The highest BCUT2D eigenvalue weighted by Crippen LogP contribution is 2.27. The molecule has 0 bridgehead atoms. The zero-order chi connectivity index (χ0) is 10.7. The van der Waals surface area contributed by atoms with E-state index < -0.39 is 0 Å². The van der Waals surface area contributed by atoms with Crippen LogP contribution in [0.5, 0.6) is 5.75 Å². The third kappa shape index (κ3) is 2.47. The highest BCUT2D eigenvalue weighted by atomic mass is 79.9. The Morgan fingerprint density at radius 3 is 2.43 bits per heavy atom. The van der Waals surface area contributed by atoms with E-state index in [1.54, 1.807) is 7.11 Å². The summed E-state index contributed by atoms with van der Waals surface area (Å²) in [6.07, 6.45) is 0. The van der Waals surface area contributed by atoms with Crippen molar-refractivity contribution in [1.82, 2.24) is 0 Å². The van der Waals surface area contributed by atoms with Gasteiger partial charge in [0.1, 0.15) is 5.75 Å². The molecule has 0 saturated carbocycles. The third-order valence-electron chi connectivity index (χ3n) is 2.13. The fourth-order valence-electron chi connectivity index (χ4n) is 1.19. The molecule has 0 unspecified atom stereocenters. The average Bonchev–Trinajstić information content (AvgIpc) is 2.16. The molecule has 0 saturated heterocycles. The van der Waals surface area contributed by atoms with Gasteiger partial charge in [-0.1, -0.05) is 6.07 Å². The van der Waals surface area contributed by atoms with E-state index in [4.69, 9.17) is 16.2 Å². The van der Waals surface area contributed by atoms with E-state index in [2.05, 4.69) is 15.9 Å². The van der Waals surface area contributed by atoms with Crippen LogP contribution in [0.25, 0.3) is 0 Å². The Hall–Kier alpha value is -0.580. The minimum absolute atomic E-state index is 0.0599. The molecule has 0 aliphatic carbocycles. The molecule has 78 valence electrons. The van der Waals surface area contributed by atoms with Crippen LogP contribution in [-0.4, -0.2) is 13.2 Å². The van der Waals surface area contributed by atoms with E-state index in [0.717, 1.165) is 15.8 Å². The summed E-state index contributed by atoms with van der Waals surface area (Å²) in [6.45, 7) is 1.89. The summed E-state index contributed by atoms with van der Waals surface area (Å²) in [6, 6.07) is 5.54. The first-order valence-corrected chi connectivity index (χ1v) is 5.20. The van der Waals surface area contributed by atoms with Crippen LogP contribution >= 0.6 is 15.9 Å². The first kappa shape index (κ1) is 11.5. The second-order valence-electron chi connectivity index (χ2n) is 3.28. The molecule has 1 aromatic carbocycles. The number of hydrogen-bond acceptors (Lipinski definition) is 3.